The summed E-state index contributed by atoms with van der Waals surface area (Å²) in [5.74, 6) is -2.22. The SMILES string of the molecule is CCCCCc1ccc(-c2ccc(C3CCC(OCCC)OC3)c(F)c2)c(F)c1F. The molecule has 1 heterocycles. The molecule has 0 bridgehead atoms. The van der Waals surface area contributed by atoms with Gasteiger partial charge in [0.15, 0.2) is 17.9 Å². The minimum atomic E-state index is -0.909. The van der Waals surface area contributed by atoms with Crippen LogP contribution in [0, 0.1) is 17.5 Å². The molecule has 1 fully saturated rings. The van der Waals surface area contributed by atoms with Gasteiger partial charge in [-0.05, 0) is 54.9 Å². The van der Waals surface area contributed by atoms with Crippen LogP contribution in [0.25, 0.3) is 11.1 Å². The molecule has 5 heteroatoms. The van der Waals surface area contributed by atoms with Gasteiger partial charge in [0.2, 0.25) is 0 Å². The lowest BCUT2D eigenvalue weighted by atomic mass is 9.90. The first kappa shape index (κ1) is 22.8. The maximum Gasteiger partial charge on any atom is 0.166 e. The third-order valence-electron chi connectivity index (χ3n) is 5.71. The van der Waals surface area contributed by atoms with Crippen molar-refractivity contribution in [2.45, 2.75) is 71.0 Å². The summed E-state index contributed by atoms with van der Waals surface area (Å²) in [6.07, 6.45) is 5.51. The van der Waals surface area contributed by atoms with Crippen LogP contribution in [0.4, 0.5) is 13.2 Å². The van der Waals surface area contributed by atoms with Crippen molar-refractivity contribution in [2.75, 3.05) is 13.2 Å². The van der Waals surface area contributed by atoms with Crippen molar-refractivity contribution < 1.29 is 22.6 Å². The van der Waals surface area contributed by atoms with Crippen LogP contribution in [0.2, 0.25) is 0 Å². The molecule has 0 aromatic heterocycles. The number of halogens is 3. The second kappa shape index (κ2) is 11.0. The standard InChI is InChI=1S/C25H31F3O2/c1-3-5-6-7-17-8-12-21(25(28)24(17)27)18-9-11-20(22(26)15-18)19-10-13-23(30-16-19)29-14-4-2/h8-9,11-12,15,19,23H,3-7,10,13-14,16H2,1-2H3. The van der Waals surface area contributed by atoms with E-state index in [0.29, 0.717) is 42.7 Å². The molecule has 3 rings (SSSR count). The zero-order chi connectivity index (χ0) is 21.5. The molecule has 1 saturated heterocycles. The molecule has 2 aromatic carbocycles. The van der Waals surface area contributed by atoms with Gasteiger partial charge in [0.1, 0.15) is 5.82 Å². The number of hydrogen-bond acceptors (Lipinski definition) is 2. The monoisotopic (exact) mass is 420 g/mol. The largest absolute Gasteiger partial charge is 0.353 e. The number of unbranched alkanes of at least 4 members (excludes halogenated alkanes) is 2. The summed E-state index contributed by atoms with van der Waals surface area (Å²) in [7, 11) is 0. The highest BCUT2D eigenvalue weighted by atomic mass is 19.2. The number of rotatable bonds is 9. The molecule has 0 spiro atoms. The van der Waals surface area contributed by atoms with Crippen molar-refractivity contribution in [3.63, 3.8) is 0 Å². The molecule has 1 aliphatic heterocycles. The van der Waals surface area contributed by atoms with Gasteiger partial charge in [-0.1, -0.05) is 51.0 Å². The lowest BCUT2D eigenvalue weighted by Crippen LogP contribution is -2.27. The molecule has 0 saturated carbocycles. The van der Waals surface area contributed by atoms with Gasteiger partial charge in [0.25, 0.3) is 0 Å². The van der Waals surface area contributed by atoms with E-state index in [-0.39, 0.29) is 17.8 Å². The maximum absolute atomic E-state index is 14.8. The summed E-state index contributed by atoms with van der Waals surface area (Å²) >= 11 is 0. The zero-order valence-electron chi connectivity index (χ0n) is 17.9. The number of ether oxygens (including phenoxy) is 2. The summed E-state index contributed by atoms with van der Waals surface area (Å²) in [6.45, 7) is 5.14. The predicted octanol–water partition coefficient (Wildman–Crippen LogP) is 7.15. The maximum atomic E-state index is 14.8. The van der Waals surface area contributed by atoms with Crippen molar-refractivity contribution in [3.05, 3.63) is 58.9 Å². The highest BCUT2D eigenvalue weighted by Crippen LogP contribution is 2.34. The second-order valence-corrected chi connectivity index (χ2v) is 8.00. The van der Waals surface area contributed by atoms with Crippen LogP contribution in [0.5, 0.6) is 0 Å². The number of benzene rings is 2. The van der Waals surface area contributed by atoms with Crippen LogP contribution in [0.3, 0.4) is 0 Å². The minimum Gasteiger partial charge on any atom is -0.353 e. The van der Waals surface area contributed by atoms with Crippen molar-refractivity contribution >= 4 is 0 Å². The predicted molar refractivity (Wildman–Crippen MR) is 113 cm³/mol. The molecule has 2 aromatic rings. The van der Waals surface area contributed by atoms with E-state index in [1.165, 1.54) is 6.07 Å². The third-order valence-corrected chi connectivity index (χ3v) is 5.71. The lowest BCUT2D eigenvalue weighted by Gasteiger charge is -2.29. The molecule has 2 atom stereocenters. The smallest absolute Gasteiger partial charge is 0.166 e. The van der Waals surface area contributed by atoms with Gasteiger partial charge < -0.3 is 9.47 Å². The molecule has 30 heavy (non-hydrogen) atoms. The molecule has 2 unspecified atom stereocenters. The fourth-order valence-electron chi connectivity index (χ4n) is 3.95. The molecule has 164 valence electrons. The normalized spacial score (nSPS) is 19.2. The summed E-state index contributed by atoms with van der Waals surface area (Å²) in [6, 6.07) is 7.78. The third kappa shape index (κ3) is 5.44. The van der Waals surface area contributed by atoms with E-state index in [2.05, 4.69) is 6.92 Å². The summed E-state index contributed by atoms with van der Waals surface area (Å²) in [5.41, 5.74) is 1.35. The van der Waals surface area contributed by atoms with Crippen LogP contribution in [-0.4, -0.2) is 19.5 Å². The van der Waals surface area contributed by atoms with Crippen LogP contribution in [0.1, 0.15) is 69.4 Å². The summed E-state index contributed by atoms with van der Waals surface area (Å²) in [5, 5.41) is 0. The Balaban J connectivity index is 1.72. The molecule has 0 aliphatic carbocycles. The summed E-state index contributed by atoms with van der Waals surface area (Å²) < 4.78 is 55.3. The average Bonchev–Trinajstić information content (AvgIpc) is 2.76. The first-order chi connectivity index (χ1) is 14.5. The fraction of sp³-hybridized carbons (Fsp3) is 0.520. The quantitative estimate of drug-likeness (QED) is 0.401. The zero-order valence-corrected chi connectivity index (χ0v) is 17.9. The second-order valence-electron chi connectivity index (χ2n) is 8.00. The molecule has 0 radical (unpaired) electrons. The Labute approximate surface area is 177 Å². The van der Waals surface area contributed by atoms with E-state index in [1.807, 2.05) is 6.92 Å². The Morgan fingerprint density at radius 2 is 1.80 bits per heavy atom. The summed E-state index contributed by atoms with van der Waals surface area (Å²) in [4.78, 5) is 0. The average molecular weight is 421 g/mol. The van der Waals surface area contributed by atoms with Gasteiger partial charge in [-0.25, -0.2) is 13.2 Å². The molecule has 0 N–H and O–H groups in total. The van der Waals surface area contributed by atoms with E-state index in [9.17, 15) is 13.2 Å². The lowest BCUT2D eigenvalue weighted by molar-refractivity contribution is -0.167. The van der Waals surface area contributed by atoms with E-state index < -0.39 is 17.5 Å². The van der Waals surface area contributed by atoms with Gasteiger partial charge in [0.05, 0.1) is 6.61 Å². The Morgan fingerprint density at radius 1 is 0.967 bits per heavy atom. The van der Waals surface area contributed by atoms with Crippen molar-refractivity contribution in [2.24, 2.45) is 0 Å². The van der Waals surface area contributed by atoms with Gasteiger partial charge in [0, 0.05) is 18.1 Å². The number of aryl methyl sites for hydroxylation is 1. The first-order valence-corrected chi connectivity index (χ1v) is 11.0. The molecular weight excluding hydrogens is 389 g/mol. The van der Waals surface area contributed by atoms with E-state index in [1.54, 1.807) is 24.3 Å². The Morgan fingerprint density at radius 3 is 2.47 bits per heavy atom. The fourth-order valence-corrected chi connectivity index (χ4v) is 3.95. The van der Waals surface area contributed by atoms with Crippen LogP contribution in [0.15, 0.2) is 30.3 Å². The van der Waals surface area contributed by atoms with E-state index >= 15 is 0 Å². The first-order valence-electron chi connectivity index (χ1n) is 11.0. The highest BCUT2D eigenvalue weighted by molar-refractivity contribution is 5.65. The highest BCUT2D eigenvalue weighted by Gasteiger charge is 2.26. The molecular formula is C25H31F3O2. The Hall–Kier alpha value is -1.85. The van der Waals surface area contributed by atoms with Gasteiger partial charge in [-0.2, -0.15) is 0 Å². The van der Waals surface area contributed by atoms with Gasteiger partial charge >= 0.3 is 0 Å². The number of hydrogen-bond donors (Lipinski definition) is 0. The van der Waals surface area contributed by atoms with Crippen molar-refractivity contribution in [3.8, 4) is 11.1 Å². The van der Waals surface area contributed by atoms with Gasteiger partial charge in [-0.15, -0.1) is 0 Å². The topological polar surface area (TPSA) is 18.5 Å². The molecule has 2 nitrogen and oxygen atoms in total. The van der Waals surface area contributed by atoms with Crippen LogP contribution >= 0.6 is 0 Å². The van der Waals surface area contributed by atoms with E-state index in [0.717, 1.165) is 32.1 Å². The van der Waals surface area contributed by atoms with Crippen molar-refractivity contribution in [1.29, 1.82) is 0 Å². The van der Waals surface area contributed by atoms with Crippen LogP contribution < -0.4 is 0 Å². The van der Waals surface area contributed by atoms with Crippen molar-refractivity contribution in [1.82, 2.24) is 0 Å². The Kier molecular flexibility index (Phi) is 8.34. The Bertz CT molecular complexity index is 829. The molecule has 0 amide bonds. The minimum absolute atomic E-state index is 0.0666. The van der Waals surface area contributed by atoms with Gasteiger partial charge in [-0.3, -0.25) is 0 Å². The molecule has 1 aliphatic rings. The van der Waals surface area contributed by atoms with E-state index in [4.69, 9.17) is 9.47 Å². The van der Waals surface area contributed by atoms with Crippen LogP contribution in [-0.2, 0) is 15.9 Å².